The highest BCUT2D eigenvalue weighted by Crippen LogP contribution is 2.23. The first-order chi connectivity index (χ1) is 19.1. The maximum Gasteiger partial charge on any atom is 0.257 e. The van der Waals surface area contributed by atoms with Crippen LogP contribution in [0.3, 0.4) is 0 Å². The van der Waals surface area contributed by atoms with Gasteiger partial charge in [-0.3, -0.25) is 19.2 Å². The van der Waals surface area contributed by atoms with Crippen LogP contribution in [-0.4, -0.2) is 76.7 Å². The lowest BCUT2D eigenvalue weighted by molar-refractivity contribution is -0.137. The minimum absolute atomic E-state index is 0.0435. The molecule has 11 heteroatoms. The number of nitrogens with one attached hydrogen (secondary N) is 2. The second-order valence-electron chi connectivity index (χ2n) is 10.9. The molecule has 2 aromatic rings. The van der Waals surface area contributed by atoms with Crippen molar-refractivity contribution < 1.29 is 23.6 Å². The predicted molar refractivity (Wildman–Crippen MR) is 150 cm³/mol. The summed E-state index contributed by atoms with van der Waals surface area (Å²) in [7, 11) is 0. The number of thiazole rings is 1. The number of benzene rings is 1. The molecule has 4 amide bonds. The van der Waals surface area contributed by atoms with Gasteiger partial charge in [-0.25, -0.2) is 9.37 Å². The number of aromatic nitrogens is 1. The van der Waals surface area contributed by atoms with Crippen molar-refractivity contribution in [2.75, 3.05) is 26.2 Å². The first-order valence-corrected chi connectivity index (χ1v) is 14.9. The average Bonchev–Trinajstić information content (AvgIpc) is 3.58. The van der Waals surface area contributed by atoms with Gasteiger partial charge in [0, 0.05) is 37.5 Å². The van der Waals surface area contributed by atoms with Crippen LogP contribution in [0.15, 0.2) is 23.6 Å². The Morgan fingerprint density at radius 3 is 2.75 bits per heavy atom. The van der Waals surface area contributed by atoms with Crippen LogP contribution in [0.5, 0.6) is 0 Å². The number of hydrogen-bond donors (Lipinski definition) is 2. The zero-order valence-electron chi connectivity index (χ0n) is 23.4. The Morgan fingerprint density at radius 2 is 2.02 bits per heavy atom. The topological polar surface area (TPSA) is 112 Å². The van der Waals surface area contributed by atoms with Gasteiger partial charge in [0.2, 0.25) is 17.7 Å². The monoisotopic (exact) mass is 571 g/mol. The summed E-state index contributed by atoms with van der Waals surface area (Å²) in [4.78, 5) is 60.5. The minimum atomic E-state index is -0.729. The smallest absolute Gasteiger partial charge is 0.257 e. The zero-order valence-corrected chi connectivity index (χ0v) is 24.2. The highest BCUT2D eigenvalue weighted by Gasteiger charge is 2.37. The van der Waals surface area contributed by atoms with Gasteiger partial charge < -0.3 is 20.4 Å². The molecular weight excluding hydrogens is 533 g/mol. The lowest BCUT2D eigenvalue weighted by Crippen LogP contribution is -2.54. The number of halogens is 1. The molecule has 1 saturated heterocycles. The number of carbonyl (C=O) groups is 4. The summed E-state index contributed by atoms with van der Waals surface area (Å²) in [5.41, 5.74) is 1.57. The standard InChI is InChI=1S/C29H38FN5O4S/c1-18(2)24-15-34(27(37)11-9-21-17-40-19(3)32-21)16-26(36)31-12-4-6-20-8-10-23(30)22(14-20)29(39)35-13-5-7-25(35)28(38)33-24/h8,10,14,17-18,24-25H,4-7,9,11-13,15-16H2,1-3H3,(H,31,36)(H,33,38)/t24-,25-/m0/s1. The van der Waals surface area contributed by atoms with Crippen molar-refractivity contribution in [1.29, 1.82) is 0 Å². The molecule has 1 fully saturated rings. The number of carbonyl (C=O) groups excluding carboxylic acids is 4. The Labute approximate surface area is 238 Å². The normalized spacial score (nSPS) is 21.2. The summed E-state index contributed by atoms with van der Waals surface area (Å²) in [6.07, 6.45) is 2.90. The van der Waals surface area contributed by atoms with Gasteiger partial charge in [-0.1, -0.05) is 19.9 Å². The van der Waals surface area contributed by atoms with E-state index >= 15 is 0 Å². The highest BCUT2D eigenvalue weighted by molar-refractivity contribution is 7.09. The van der Waals surface area contributed by atoms with Gasteiger partial charge in [0.1, 0.15) is 11.9 Å². The molecule has 3 heterocycles. The quantitative estimate of drug-likeness (QED) is 0.586. The van der Waals surface area contributed by atoms with Gasteiger partial charge in [0.15, 0.2) is 0 Å². The molecule has 40 heavy (non-hydrogen) atoms. The SMILES string of the molecule is Cc1nc(CCC(=O)N2CC(=O)NCCCc3ccc(F)c(c3)C(=O)N3CCC[C@H]3C(=O)N[C@H](C(C)C)C2)cs1. The van der Waals surface area contributed by atoms with Crippen molar-refractivity contribution in [3.05, 3.63) is 51.2 Å². The molecule has 9 nitrogen and oxygen atoms in total. The van der Waals surface area contributed by atoms with Gasteiger partial charge in [-0.05, 0) is 62.6 Å². The number of hydrogen-bond acceptors (Lipinski definition) is 6. The third kappa shape index (κ3) is 7.44. The Balaban J connectivity index is 1.57. The Kier molecular flexibility index (Phi) is 9.89. The molecule has 2 aliphatic rings. The number of amides is 4. The number of rotatable bonds is 4. The van der Waals surface area contributed by atoms with Crippen LogP contribution < -0.4 is 10.6 Å². The molecule has 4 rings (SSSR count). The Bertz CT molecular complexity index is 1250. The third-order valence-electron chi connectivity index (χ3n) is 7.54. The first-order valence-electron chi connectivity index (χ1n) is 14.0. The molecular formula is C29H38FN5O4S. The van der Waals surface area contributed by atoms with Crippen molar-refractivity contribution in [2.24, 2.45) is 5.92 Å². The fraction of sp³-hybridized carbons (Fsp3) is 0.552. The van der Waals surface area contributed by atoms with E-state index in [-0.39, 0.29) is 48.7 Å². The maximum absolute atomic E-state index is 14.7. The van der Waals surface area contributed by atoms with Crippen molar-refractivity contribution in [3.63, 3.8) is 0 Å². The molecule has 0 unspecified atom stereocenters. The van der Waals surface area contributed by atoms with Gasteiger partial charge in [-0.2, -0.15) is 0 Å². The third-order valence-corrected chi connectivity index (χ3v) is 8.36. The summed E-state index contributed by atoms with van der Waals surface area (Å²) < 4.78 is 14.7. The molecule has 2 aliphatic heterocycles. The molecule has 0 radical (unpaired) electrons. The summed E-state index contributed by atoms with van der Waals surface area (Å²) in [5, 5.41) is 8.77. The van der Waals surface area contributed by atoms with Crippen LogP contribution in [-0.2, 0) is 27.2 Å². The van der Waals surface area contributed by atoms with Gasteiger partial charge in [0.05, 0.1) is 22.8 Å². The molecule has 216 valence electrons. The summed E-state index contributed by atoms with van der Waals surface area (Å²) >= 11 is 1.53. The van der Waals surface area contributed by atoms with Crippen LogP contribution in [0, 0.1) is 18.7 Å². The molecule has 2 bridgehead atoms. The predicted octanol–water partition coefficient (Wildman–Crippen LogP) is 2.86. The lowest BCUT2D eigenvalue weighted by atomic mass is 10.0. The lowest BCUT2D eigenvalue weighted by Gasteiger charge is -2.32. The number of fused-ring (bicyclic) bond motifs is 3. The van der Waals surface area contributed by atoms with Crippen LogP contribution in [0.2, 0.25) is 0 Å². The van der Waals surface area contributed by atoms with Crippen LogP contribution in [0.1, 0.15) is 66.2 Å². The number of nitrogens with zero attached hydrogens (tertiary/aromatic N) is 3. The van der Waals surface area contributed by atoms with Crippen molar-refractivity contribution in [2.45, 2.75) is 71.4 Å². The van der Waals surface area contributed by atoms with E-state index < -0.39 is 23.8 Å². The van der Waals surface area contributed by atoms with E-state index in [4.69, 9.17) is 0 Å². The van der Waals surface area contributed by atoms with Gasteiger partial charge in [0.25, 0.3) is 5.91 Å². The fourth-order valence-electron chi connectivity index (χ4n) is 5.19. The number of aryl methyl sites for hydroxylation is 3. The molecule has 1 aromatic heterocycles. The van der Waals surface area contributed by atoms with E-state index in [1.54, 1.807) is 12.1 Å². The van der Waals surface area contributed by atoms with E-state index in [0.717, 1.165) is 16.3 Å². The summed E-state index contributed by atoms with van der Waals surface area (Å²) in [6.45, 7) is 6.56. The fourth-order valence-corrected chi connectivity index (χ4v) is 5.84. The van der Waals surface area contributed by atoms with Crippen molar-refractivity contribution in [3.8, 4) is 0 Å². The summed E-state index contributed by atoms with van der Waals surface area (Å²) in [6, 6.07) is 3.29. The van der Waals surface area contributed by atoms with E-state index in [2.05, 4.69) is 15.6 Å². The Hall–Kier alpha value is -3.34. The van der Waals surface area contributed by atoms with E-state index in [1.807, 2.05) is 26.2 Å². The molecule has 0 spiro atoms. The van der Waals surface area contributed by atoms with Crippen LogP contribution >= 0.6 is 11.3 Å². The maximum atomic E-state index is 14.7. The zero-order chi connectivity index (χ0) is 28.8. The van der Waals surface area contributed by atoms with Crippen LogP contribution in [0.4, 0.5) is 4.39 Å². The largest absolute Gasteiger partial charge is 0.355 e. The van der Waals surface area contributed by atoms with E-state index in [9.17, 15) is 23.6 Å². The Morgan fingerprint density at radius 1 is 1.23 bits per heavy atom. The van der Waals surface area contributed by atoms with Crippen molar-refractivity contribution >= 4 is 35.0 Å². The second kappa shape index (κ2) is 13.3. The van der Waals surface area contributed by atoms with Crippen molar-refractivity contribution in [1.82, 2.24) is 25.4 Å². The van der Waals surface area contributed by atoms with E-state index in [1.165, 1.54) is 27.2 Å². The summed E-state index contributed by atoms with van der Waals surface area (Å²) in [5.74, 6) is -1.97. The van der Waals surface area contributed by atoms with Crippen LogP contribution in [0.25, 0.3) is 0 Å². The minimum Gasteiger partial charge on any atom is -0.355 e. The first kappa shape index (κ1) is 29.6. The average molecular weight is 572 g/mol. The van der Waals surface area contributed by atoms with Gasteiger partial charge >= 0.3 is 0 Å². The highest BCUT2D eigenvalue weighted by atomic mass is 32.1. The van der Waals surface area contributed by atoms with E-state index in [0.29, 0.717) is 45.2 Å². The molecule has 2 atom stereocenters. The second-order valence-corrected chi connectivity index (χ2v) is 12.0. The van der Waals surface area contributed by atoms with Gasteiger partial charge in [-0.15, -0.1) is 11.3 Å². The molecule has 0 aliphatic carbocycles. The molecule has 0 saturated carbocycles. The molecule has 1 aromatic carbocycles. The molecule has 2 N–H and O–H groups in total.